The average molecular weight is 428 g/mol. The Hall–Kier alpha value is -2.31. The van der Waals surface area contributed by atoms with E-state index in [-0.39, 0.29) is 12.4 Å². The van der Waals surface area contributed by atoms with Crippen LogP contribution in [0.4, 0.5) is 0 Å². The molecule has 2 heterocycles. The molecule has 1 atom stereocenters. The first-order valence-electron chi connectivity index (χ1n) is 10.3. The second kappa shape index (κ2) is 9.23. The lowest BCUT2D eigenvalue weighted by molar-refractivity contribution is -0.166. The molecule has 0 amide bonds. The molecule has 0 aliphatic heterocycles. The van der Waals surface area contributed by atoms with Gasteiger partial charge < -0.3 is 9.47 Å². The van der Waals surface area contributed by atoms with Crippen LogP contribution in [0, 0.1) is 6.92 Å². The molecular weight excluding hydrogens is 398 g/mol. The zero-order chi connectivity index (χ0) is 21.9. The lowest BCUT2D eigenvalue weighted by Crippen LogP contribution is -2.29. The Morgan fingerprint density at radius 2 is 1.93 bits per heavy atom. The maximum Gasteiger partial charge on any atom is 0.340 e. The van der Waals surface area contributed by atoms with E-state index in [9.17, 15) is 9.59 Å². The molecule has 1 aliphatic carbocycles. The van der Waals surface area contributed by atoms with Crippen molar-refractivity contribution in [2.45, 2.75) is 65.6 Å². The Morgan fingerprint density at radius 3 is 2.53 bits per heavy atom. The number of ether oxygens (including phenoxy) is 2. The standard InChI is InChI=1S/C24H29NO4S/c1-6-28-23(27)21(29-24(3,4)5)19-15(2)30-22(16-10-12-25-13-11-16)20(19)17-8-7-9-18(26)14-17/h10-14,21H,6-9H2,1-5H3. The van der Waals surface area contributed by atoms with E-state index in [0.29, 0.717) is 6.42 Å². The number of allylic oxidation sites excluding steroid dienone is 2. The summed E-state index contributed by atoms with van der Waals surface area (Å²) in [4.78, 5) is 31.4. The highest BCUT2D eigenvalue weighted by Crippen LogP contribution is 2.46. The number of hydrogen-bond donors (Lipinski definition) is 0. The van der Waals surface area contributed by atoms with Gasteiger partial charge >= 0.3 is 5.97 Å². The minimum absolute atomic E-state index is 0.121. The maximum absolute atomic E-state index is 13.0. The van der Waals surface area contributed by atoms with Crippen molar-refractivity contribution >= 4 is 28.7 Å². The predicted molar refractivity (Wildman–Crippen MR) is 119 cm³/mol. The van der Waals surface area contributed by atoms with Crippen LogP contribution in [-0.2, 0) is 19.1 Å². The third-order valence-electron chi connectivity index (χ3n) is 4.83. The lowest BCUT2D eigenvalue weighted by atomic mass is 9.87. The van der Waals surface area contributed by atoms with Gasteiger partial charge in [0.05, 0.1) is 12.2 Å². The summed E-state index contributed by atoms with van der Waals surface area (Å²) in [6, 6.07) is 3.90. The Kier molecular flexibility index (Phi) is 6.88. The maximum atomic E-state index is 13.0. The van der Waals surface area contributed by atoms with Crippen LogP contribution in [0.15, 0.2) is 30.6 Å². The average Bonchev–Trinajstić information content (AvgIpc) is 3.03. The van der Waals surface area contributed by atoms with E-state index < -0.39 is 17.7 Å². The first-order valence-corrected chi connectivity index (χ1v) is 11.1. The molecule has 160 valence electrons. The molecule has 30 heavy (non-hydrogen) atoms. The molecule has 0 saturated carbocycles. The molecule has 3 rings (SSSR count). The molecule has 2 aromatic heterocycles. The molecular formula is C24H29NO4S. The Balaban J connectivity index is 2.25. The fourth-order valence-corrected chi connectivity index (χ4v) is 4.91. The van der Waals surface area contributed by atoms with Crippen molar-refractivity contribution < 1.29 is 19.1 Å². The van der Waals surface area contributed by atoms with Crippen molar-refractivity contribution in [3.8, 4) is 10.4 Å². The molecule has 0 N–H and O–H groups in total. The molecule has 5 nitrogen and oxygen atoms in total. The number of esters is 1. The first kappa shape index (κ1) is 22.4. The number of ketones is 1. The molecule has 2 aromatic rings. The van der Waals surface area contributed by atoms with Crippen molar-refractivity contribution in [2.75, 3.05) is 6.61 Å². The van der Waals surface area contributed by atoms with Gasteiger partial charge in [-0.1, -0.05) is 0 Å². The summed E-state index contributed by atoms with van der Waals surface area (Å²) in [6.07, 6.45) is 6.54. The summed E-state index contributed by atoms with van der Waals surface area (Å²) in [7, 11) is 0. The molecule has 0 spiro atoms. The third-order valence-corrected chi connectivity index (χ3v) is 6.00. The molecule has 0 radical (unpaired) electrons. The summed E-state index contributed by atoms with van der Waals surface area (Å²) < 4.78 is 11.6. The second-order valence-corrected chi connectivity index (χ2v) is 9.59. The van der Waals surface area contributed by atoms with Gasteiger partial charge in [0.15, 0.2) is 11.9 Å². The Morgan fingerprint density at radius 1 is 1.23 bits per heavy atom. The van der Waals surface area contributed by atoms with Crippen LogP contribution in [0.5, 0.6) is 0 Å². The highest BCUT2D eigenvalue weighted by molar-refractivity contribution is 7.16. The van der Waals surface area contributed by atoms with E-state index in [1.165, 1.54) is 0 Å². The van der Waals surface area contributed by atoms with Crippen LogP contribution < -0.4 is 0 Å². The minimum atomic E-state index is -0.857. The van der Waals surface area contributed by atoms with Crippen LogP contribution in [0.1, 0.15) is 69.1 Å². The number of thiophene rings is 1. The highest BCUT2D eigenvalue weighted by Gasteiger charge is 2.35. The van der Waals surface area contributed by atoms with E-state index in [2.05, 4.69) is 4.98 Å². The third kappa shape index (κ3) is 5.05. The van der Waals surface area contributed by atoms with E-state index in [0.717, 1.165) is 44.9 Å². The summed E-state index contributed by atoms with van der Waals surface area (Å²) in [5, 5.41) is 0. The molecule has 0 bridgehead atoms. The zero-order valence-corrected chi connectivity index (χ0v) is 19.1. The Bertz CT molecular complexity index is 954. The van der Waals surface area contributed by atoms with Gasteiger partial charge in [-0.25, -0.2) is 4.79 Å². The van der Waals surface area contributed by atoms with Crippen molar-refractivity contribution in [2.24, 2.45) is 0 Å². The van der Waals surface area contributed by atoms with Crippen molar-refractivity contribution in [1.82, 2.24) is 4.98 Å². The van der Waals surface area contributed by atoms with Gasteiger partial charge in [-0.3, -0.25) is 9.78 Å². The fraction of sp³-hybridized carbons (Fsp3) is 0.458. The van der Waals surface area contributed by atoms with Gasteiger partial charge in [-0.15, -0.1) is 11.3 Å². The predicted octanol–water partition coefficient (Wildman–Crippen LogP) is 5.67. The largest absolute Gasteiger partial charge is 0.464 e. The highest BCUT2D eigenvalue weighted by atomic mass is 32.1. The molecule has 0 saturated heterocycles. The summed E-state index contributed by atoms with van der Waals surface area (Å²) in [6.45, 7) is 9.84. The number of aromatic nitrogens is 1. The van der Waals surface area contributed by atoms with E-state index in [1.54, 1.807) is 36.7 Å². The lowest BCUT2D eigenvalue weighted by Gasteiger charge is -2.28. The van der Waals surface area contributed by atoms with Crippen LogP contribution in [0.2, 0.25) is 0 Å². The SMILES string of the molecule is CCOC(=O)C(OC(C)(C)C)c1c(C)sc(-c2ccncc2)c1C1=CC(=O)CCC1. The molecule has 0 fully saturated rings. The first-order chi connectivity index (χ1) is 14.2. The number of pyridine rings is 1. The minimum Gasteiger partial charge on any atom is -0.464 e. The van der Waals surface area contributed by atoms with Crippen molar-refractivity contribution in [3.05, 3.63) is 46.6 Å². The quantitative estimate of drug-likeness (QED) is 0.555. The molecule has 1 unspecified atom stereocenters. The zero-order valence-electron chi connectivity index (χ0n) is 18.3. The number of rotatable bonds is 6. The monoisotopic (exact) mass is 427 g/mol. The summed E-state index contributed by atoms with van der Waals surface area (Å²) in [5.41, 5.74) is 3.16. The van der Waals surface area contributed by atoms with Gasteiger partial charge in [-0.2, -0.15) is 0 Å². The summed E-state index contributed by atoms with van der Waals surface area (Å²) >= 11 is 1.61. The molecule has 0 aromatic carbocycles. The Labute approximate surface area is 182 Å². The smallest absolute Gasteiger partial charge is 0.340 e. The van der Waals surface area contributed by atoms with E-state index in [4.69, 9.17) is 9.47 Å². The van der Waals surface area contributed by atoms with Gasteiger partial charge in [0.1, 0.15) is 0 Å². The van der Waals surface area contributed by atoms with Gasteiger partial charge in [0.25, 0.3) is 0 Å². The second-order valence-electron chi connectivity index (χ2n) is 8.36. The number of nitrogens with zero attached hydrogens (tertiary/aromatic N) is 1. The normalized spacial score (nSPS) is 15.6. The molecule has 6 heteroatoms. The fourth-order valence-electron chi connectivity index (χ4n) is 3.68. The van der Waals surface area contributed by atoms with Gasteiger partial charge in [0, 0.05) is 39.7 Å². The van der Waals surface area contributed by atoms with Gasteiger partial charge in [0.2, 0.25) is 0 Å². The number of carbonyl (C=O) groups is 2. The van der Waals surface area contributed by atoms with Crippen LogP contribution in [-0.4, -0.2) is 28.9 Å². The topological polar surface area (TPSA) is 65.5 Å². The molecule has 1 aliphatic rings. The number of aryl methyl sites for hydroxylation is 1. The van der Waals surface area contributed by atoms with E-state index in [1.807, 2.05) is 39.8 Å². The number of carbonyl (C=O) groups excluding carboxylic acids is 2. The van der Waals surface area contributed by atoms with Crippen molar-refractivity contribution in [3.63, 3.8) is 0 Å². The van der Waals surface area contributed by atoms with Crippen LogP contribution in [0.3, 0.4) is 0 Å². The van der Waals surface area contributed by atoms with Crippen molar-refractivity contribution in [1.29, 1.82) is 0 Å². The summed E-state index contributed by atoms with van der Waals surface area (Å²) in [5.74, 6) is -0.283. The van der Waals surface area contributed by atoms with Gasteiger partial charge in [-0.05, 0) is 76.8 Å². The van der Waals surface area contributed by atoms with Crippen LogP contribution >= 0.6 is 11.3 Å². The number of hydrogen-bond acceptors (Lipinski definition) is 6. The van der Waals surface area contributed by atoms with Crippen LogP contribution in [0.25, 0.3) is 16.0 Å². The van der Waals surface area contributed by atoms with E-state index >= 15 is 0 Å².